The molecule has 4 rings (SSSR count). The summed E-state index contributed by atoms with van der Waals surface area (Å²) in [5, 5.41) is 15.1. The van der Waals surface area contributed by atoms with Gasteiger partial charge in [0.15, 0.2) is 5.78 Å². The molecule has 0 saturated carbocycles. The highest BCUT2D eigenvalue weighted by atomic mass is 32.1. The van der Waals surface area contributed by atoms with Crippen LogP contribution in [0.1, 0.15) is 110 Å². The van der Waals surface area contributed by atoms with Gasteiger partial charge in [0.25, 0.3) is 0 Å². The van der Waals surface area contributed by atoms with E-state index >= 15 is 0 Å². The number of carbonyl (C=O) groups is 6. The van der Waals surface area contributed by atoms with E-state index in [9.17, 15) is 33.9 Å². The van der Waals surface area contributed by atoms with Gasteiger partial charge < -0.3 is 39.3 Å². The van der Waals surface area contributed by atoms with Crippen LogP contribution in [-0.4, -0.2) is 151 Å². The summed E-state index contributed by atoms with van der Waals surface area (Å²) < 4.78 is 17.8. The summed E-state index contributed by atoms with van der Waals surface area (Å²) in [5.74, 6) is -2.65. The topological polar surface area (TPSA) is 188 Å². The number of hydrogen-bond donors (Lipinski definition) is 2. The third kappa shape index (κ3) is 14.5. The van der Waals surface area contributed by atoms with Crippen molar-refractivity contribution in [2.75, 3.05) is 55.0 Å². The Morgan fingerprint density at radius 3 is 2.07 bits per heavy atom. The molecule has 2 aromatic rings. The molecule has 0 radical (unpaired) electrons. The Hall–Kier alpha value is -4.45. The van der Waals surface area contributed by atoms with Crippen LogP contribution in [0.25, 0.3) is 0 Å². The monoisotopic (exact) mass is 955 g/mol. The fourth-order valence-electron chi connectivity index (χ4n) is 10.1. The quantitative estimate of drug-likeness (QED) is 0.115. The summed E-state index contributed by atoms with van der Waals surface area (Å²) in [6.07, 6.45) is 3.36. The molecule has 1 aromatic carbocycles. The number of methoxy groups -OCH3 is 2. The second kappa shape index (κ2) is 25.8. The third-order valence-corrected chi connectivity index (χ3v) is 14.9. The van der Waals surface area contributed by atoms with Crippen LogP contribution in [0.3, 0.4) is 0 Å². The van der Waals surface area contributed by atoms with Crippen LogP contribution in [0.2, 0.25) is 0 Å². The lowest BCUT2D eigenvalue weighted by Gasteiger charge is -2.41. The van der Waals surface area contributed by atoms with Gasteiger partial charge in [0, 0.05) is 64.8 Å². The number of carbonyl (C=O) groups excluding carboxylic acids is 5. The summed E-state index contributed by atoms with van der Waals surface area (Å²) in [6.45, 7) is 15.0. The number of ether oxygens (including phenoxy) is 3. The van der Waals surface area contributed by atoms with Gasteiger partial charge in [-0.25, -0.2) is 9.78 Å². The lowest BCUT2D eigenvalue weighted by molar-refractivity contribution is -0.149. The van der Waals surface area contributed by atoms with Crippen LogP contribution in [0.5, 0.6) is 5.75 Å². The number of likely N-dealkylation sites (tertiary alicyclic amines) is 2. The summed E-state index contributed by atoms with van der Waals surface area (Å²) in [4.78, 5) is 92.3. The number of benzene rings is 1. The van der Waals surface area contributed by atoms with E-state index in [0.717, 1.165) is 23.4 Å². The molecule has 2 saturated heterocycles. The molecule has 0 bridgehead atoms. The zero-order valence-corrected chi connectivity index (χ0v) is 42.8. The smallest absolute Gasteiger partial charge is 0.415 e. The van der Waals surface area contributed by atoms with Gasteiger partial charge in [0.2, 0.25) is 17.7 Å². The highest BCUT2D eigenvalue weighted by Crippen LogP contribution is 2.32. The predicted octanol–water partition coefficient (Wildman–Crippen LogP) is 6.58. The van der Waals surface area contributed by atoms with E-state index in [-0.39, 0.29) is 66.2 Å². The summed E-state index contributed by atoms with van der Waals surface area (Å²) in [6, 6.07) is 5.46. The van der Waals surface area contributed by atoms with Crippen molar-refractivity contribution in [3.8, 4) is 5.75 Å². The van der Waals surface area contributed by atoms with Crippen molar-refractivity contribution in [1.82, 2.24) is 29.9 Å². The van der Waals surface area contributed by atoms with Crippen LogP contribution in [0, 0.1) is 35.5 Å². The molecule has 374 valence electrons. The lowest BCUT2D eigenvalue weighted by atomic mass is 9.83. The van der Waals surface area contributed by atoms with Crippen LogP contribution in [0.15, 0.2) is 35.8 Å². The number of nitrogens with one attached hydrogen (secondary N) is 1. The van der Waals surface area contributed by atoms with Gasteiger partial charge in [-0.1, -0.05) is 67.0 Å². The standard InChI is InChI=1S/C50H78N6O10S/c1-13-32(6)44(54(10)48(60)37(30(2)3)28-40(57)43(31(4)5)53(8)9)41(64-11)29-42(58)56-23-14-15-39(56)45(65-12)33(7)46(59)52-38(47-51-22-26-67-47)27-34-16-18-36(19-17-34)66-50(63)55-24-20-35(21-25-55)49(61)62/h16-19,22,26,30-33,35,37-39,41,43-45H,13-15,20-21,23-25,27-29H2,1-12H3,(H,52,59)(H,61,62)/t32-,33+,37-,38-,39-,41+,43-,44-,45+/m0/s1. The van der Waals surface area contributed by atoms with Crippen LogP contribution in [0.4, 0.5) is 4.79 Å². The molecule has 1 aromatic heterocycles. The van der Waals surface area contributed by atoms with Crippen molar-refractivity contribution in [2.24, 2.45) is 35.5 Å². The Morgan fingerprint density at radius 2 is 1.55 bits per heavy atom. The first-order valence-electron chi connectivity index (χ1n) is 24.0. The van der Waals surface area contributed by atoms with Gasteiger partial charge in [0.1, 0.15) is 10.8 Å². The van der Waals surface area contributed by atoms with Crippen molar-refractivity contribution in [3.63, 3.8) is 0 Å². The number of aromatic nitrogens is 1. The molecule has 2 aliphatic heterocycles. The summed E-state index contributed by atoms with van der Waals surface area (Å²) in [5.41, 5.74) is 0.874. The number of hydrogen-bond acceptors (Lipinski definition) is 12. The Labute approximate surface area is 402 Å². The first-order valence-corrected chi connectivity index (χ1v) is 24.9. The SMILES string of the molecule is CC[C@H](C)[C@@H]([C@@H](CC(=O)N1CCC[C@H]1[C@H](OC)[C@@H](C)C(=O)N[C@@H](Cc1ccc(OC(=O)N2CCC(C(=O)O)CC2)cc1)c1nccs1)OC)N(C)C(=O)[C@@H](CC(=O)[C@H](C(C)C)N(C)C)C(C)C. The van der Waals surface area contributed by atoms with Gasteiger partial charge >= 0.3 is 12.1 Å². The zero-order chi connectivity index (χ0) is 49.7. The van der Waals surface area contributed by atoms with E-state index in [0.29, 0.717) is 51.1 Å². The Kier molecular flexibility index (Phi) is 21.2. The minimum Gasteiger partial charge on any atom is -0.481 e. The highest BCUT2D eigenvalue weighted by Gasteiger charge is 2.43. The van der Waals surface area contributed by atoms with E-state index in [1.807, 2.05) is 76.0 Å². The number of ketones is 1. The normalized spacial score (nSPS) is 19.4. The molecule has 2 aliphatic rings. The second-order valence-electron chi connectivity index (χ2n) is 19.5. The molecule has 0 aliphatic carbocycles. The van der Waals surface area contributed by atoms with Gasteiger partial charge in [-0.3, -0.25) is 28.9 Å². The van der Waals surface area contributed by atoms with Crippen molar-refractivity contribution < 1.29 is 48.1 Å². The number of carboxylic acids is 1. The summed E-state index contributed by atoms with van der Waals surface area (Å²) >= 11 is 1.43. The minimum absolute atomic E-state index is 0.0206. The summed E-state index contributed by atoms with van der Waals surface area (Å²) in [7, 11) is 8.69. The van der Waals surface area contributed by atoms with Gasteiger partial charge in [0.05, 0.1) is 54.6 Å². The molecule has 17 heteroatoms. The first-order chi connectivity index (χ1) is 31.7. The van der Waals surface area contributed by atoms with E-state index in [1.165, 1.54) is 16.2 Å². The molecule has 4 amide bonds. The average molecular weight is 955 g/mol. The number of thiazole rings is 1. The number of likely N-dealkylation sites (N-methyl/N-ethyl adjacent to an activating group) is 2. The largest absolute Gasteiger partial charge is 0.481 e. The first kappa shape index (κ1) is 55.1. The van der Waals surface area contributed by atoms with Gasteiger partial charge in [-0.2, -0.15) is 0 Å². The molecule has 9 atom stereocenters. The fourth-order valence-corrected chi connectivity index (χ4v) is 10.8. The van der Waals surface area contributed by atoms with Crippen LogP contribution in [-0.2, 0) is 39.9 Å². The van der Waals surface area contributed by atoms with E-state index in [1.54, 1.807) is 44.5 Å². The van der Waals surface area contributed by atoms with Crippen molar-refractivity contribution in [3.05, 3.63) is 46.4 Å². The number of amides is 4. The lowest BCUT2D eigenvalue weighted by Crippen LogP contribution is -2.54. The fraction of sp³-hybridized carbons (Fsp3) is 0.700. The number of nitrogens with zero attached hydrogens (tertiary/aromatic N) is 5. The van der Waals surface area contributed by atoms with Crippen LogP contribution < -0.4 is 10.1 Å². The average Bonchev–Trinajstić information content (AvgIpc) is 4.02. The Bertz CT molecular complexity index is 1910. The van der Waals surface area contributed by atoms with Crippen molar-refractivity contribution >= 4 is 46.9 Å². The number of Topliss-reactive ketones (excluding diaryl/α,β-unsaturated/α-hetero) is 1. The maximum absolute atomic E-state index is 14.5. The third-order valence-electron chi connectivity index (χ3n) is 14.1. The molecule has 0 spiro atoms. The zero-order valence-electron chi connectivity index (χ0n) is 41.9. The van der Waals surface area contributed by atoms with Crippen molar-refractivity contribution in [2.45, 2.75) is 136 Å². The second-order valence-corrected chi connectivity index (χ2v) is 20.4. The maximum atomic E-state index is 14.5. The molecule has 0 unspecified atom stereocenters. The van der Waals surface area contributed by atoms with Gasteiger partial charge in [-0.05, 0) is 81.6 Å². The number of rotatable bonds is 24. The molecule has 2 fully saturated rings. The van der Waals surface area contributed by atoms with Crippen molar-refractivity contribution in [1.29, 1.82) is 0 Å². The van der Waals surface area contributed by atoms with E-state index in [2.05, 4.69) is 24.1 Å². The molecular formula is C50H78N6O10S. The number of piperidine rings is 1. The minimum atomic E-state index is -0.849. The highest BCUT2D eigenvalue weighted by molar-refractivity contribution is 7.09. The van der Waals surface area contributed by atoms with Crippen LogP contribution >= 0.6 is 11.3 Å². The van der Waals surface area contributed by atoms with Gasteiger partial charge in [-0.15, -0.1) is 11.3 Å². The predicted molar refractivity (Wildman–Crippen MR) is 257 cm³/mol. The molecule has 2 N–H and O–H groups in total. The van der Waals surface area contributed by atoms with E-state index < -0.39 is 54.1 Å². The Morgan fingerprint density at radius 1 is 0.896 bits per heavy atom. The molecule has 16 nitrogen and oxygen atoms in total. The van der Waals surface area contributed by atoms with E-state index in [4.69, 9.17) is 14.2 Å². The number of aliphatic carboxylic acids is 1. The maximum Gasteiger partial charge on any atom is 0.415 e. The molecule has 3 heterocycles. The number of carboxylic acid groups (broad SMARTS) is 1. The molecule has 67 heavy (non-hydrogen) atoms. The molecular weight excluding hydrogens is 877 g/mol. The Balaban J connectivity index is 1.44.